The third-order valence-corrected chi connectivity index (χ3v) is 5.85. The third-order valence-electron chi connectivity index (χ3n) is 5.85. The van der Waals surface area contributed by atoms with Gasteiger partial charge >= 0.3 is 0 Å². The van der Waals surface area contributed by atoms with E-state index in [4.69, 9.17) is 9.47 Å². The summed E-state index contributed by atoms with van der Waals surface area (Å²) in [6, 6.07) is 9.03. The largest absolute Gasteiger partial charge is 0.490 e. The van der Waals surface area contributed by atoms with Crippen LogP contribution in [0.5, 0.6) is 5.75 Å². The van der Waals surface area contributed by atoms with Gasteiger partial charge in [-0.15, -0.1) is 0 Å². The molecule has 26 heavy (non-hydrogen) atoms. The second-order valence-electron chi connectivity index (χ2n) is 7.70. The topological polar surface area (TPSA) is 51.1 Å². The van der Waals surface area contributed by atoms with Crippen LogP contribution in [-0.4, -0.2) is 42.6 Å². The molecule has 2 atom stereocenters. The van der Waals surface area contributed by atoms with Gasteiger partial charge in [-0.25, -0.2) is 0 Å². The summed E-state index contributed by atoms with van der Waals surface area (Å²) in [5.41, 5.74) is 1.43. The number of fused-ring (bicyclic) bond motifs is 1. The quantitative estimate of drug-likeness (QED) is 0.806. The number of ether oxygens (including phenoxy) is 2. The van der Waals surface area contributed by atoms with Gasteiger partial charge in [0.05, 0.1) is 12.5 Å². The molecule has 140 valence electrons. The van der Waals surface area contributed by atoms with Crippen molar-refractivity contribution in [3.05, 3.63) is 29.8 Å². The van der Waals surface area contributed by atoms with E-state index in [0.717, 1.165) is 18.7 Å². The molecule has 5 nitrogen and oxygen atoms in total. The SMILES string of the molecule is CC[C@@H]1CN2C[C@@H](COc3ccc(C4CCCCC4)cc3)OC2=NC1=O. The summed E-state index contributed by atoms with van der Waals surface area (Å²) >= 11 is 0. The Morgan fingerprint density at radius 1 is 1.15 bits per heavy atom. The predicted molar refractivity (Wildman–Crippen MR) is 100 cm³/mol. The number of benzene rings is 1. The number of carbonyl (C=O) groups excluding carboxylic acids is 1. The Labute approximate surface area is 155 Å². The van der Waals surface area contributed by atoms with Gasteiger partial charge in [0, 0.05) is 6.54 Å². The lowest BCUT2D eigenvalue weighted by Gasteiger charge is -2.24. The summed E-state index contributed by atoms with van der Waals surface area (Å²) < 4.78 is 11.7. The van der Waals surface area contributed by atoms with Crippen molar-refractivity contribution in [3.8, 4) is 5.75 Å². The molecular formula is C21H28N2O3. The highest BCUT2D eigenvalue weighted by Gasteiger charge is 2.37. The van der Waals surface area contributed by atoms with Gasteiger partial charge in [-0.3, -0.25) is 4.79 Å². The van der Waals surface area contributed by atoms with Crippen LogP contribution in [0.4, 0.5) is 0 Å². The van der Waals surface area contributed by atoms with Crippen molar-refractivity contribution in [2.75, 3.05) is 19.7 Å². The summed E-state index contributed by atoms with van der Waals surface area (Å²) in [6.45, 7) is 3.95. The van der Waals surface area contributed by atoms with Crippen LogP contribution in [-0.2, 0) is 9.53 Å². The van der Waals surface area contributed by atoms with E-state index in [1.54, 1.807) is 0 Å². The Bertz CT molecular complexity index is 664. The Hall–Kier alpha value is -2.04. The van der Waals surface area contributed by atoms with Crippen molar-refractivity contribution in [3.63, 3.8) is 0 Å². The Morgan fingerprint density at radius 3 is 2.65 bits per heavy atom. The van der Waals surface area contributed by atoms with Crippen LogP contribution in [0.25, 0.3) is 0 Å². The van der Waals surface area contributed by atoms with Crippen LogP contribution < -0.4 is 4.74 Å². The molecule has 2 aliphatic heterocycles. The van der Waals surface area contributed by atoms with Gasteiger partial charge in [0.1, 0.15) is 12.4 Å². The highest BCUT2D eigenvalue weighted by molar-refractivity contribution is 5.94. The lowest BCUT2D eigenvalue weighted by Crippen LogP contribution is -2.39. The fourth-order valence-corrected chi connectivity index (χ4v) is 4.22. The van der Waals surface area contributed by atoms with Crippen molar-refractivity contribution in [1.82, 2.24) is 4.90 Å². The smallest absolute Gasteiger partial charge is 0.295 e. The lowest BCUT2D eigenvalue weighted by atomic mass is 9.84. The molecule has 0 spiro atoms. The lowest BCUT2D eigenvalue weighted by molar-refractivity contribution is -0.122. The van der Waals surface area contributed by atoms with Gasteiger partial charge in [0.2, 0.25) is 0 Å². The van der Waals surface area contributed by atoms with Crippen molar-refractivity contribution < 1.29 is 14.3 Å². The summed E-state index contributed by atoms with van der Waals surface area (Å²) in [6.07, 6.45) is 7.45. The van der Waals surface area contributed by atoms with Crippen LogP contribution >= 0.6 is 0 Å². The first kappa shape index (κ1) is 17.4. The fourth-order valence-electron chi connectivity index (χ4n) is 4.22. The molecule has 2 heterocycles. The molecule has 1 aromatic carbocycles. The minimum absolute atomic E-state index is 0.00523. The van der Waals surface area contributed by atoms with Crippen LogP contribution in [0.1, 0.15) is 56.9 Å². The van der Waals surface area contributed by atoms with Gasteiger partial charge in [-0.2, -0.15) is 4.99 Å². The zero-order valence-corrected chi connectivity index (χ0v) is 15.5. The van der Waals surface area contributed by atoms with Crippen molar-refractivity contribution >= 4 is 11.9 Å². The zero-order chi connectivity index (χ0) is 17.9. The van der Waals surface area contributed by atoms with E-state index < -0.39 is 0 Å². The minimum Gasteiger partial charge on any atom is -0.490 e. The Balaban J connectivity index is 1.30. The number of nitrogens with zero attached hydrogens (tertiary/aromatic N) is 2. The molecular weight excluding hydrogens is 328 g/mol. The molecule has 1 saturated carbocycles. The normalized spacial score (nSPS) is 26.3. The molecule has 1 aromatic rings. The van der Waals surface area contributed by atoms with E-state index in [1.807, 2.05) is 6.92 Å². The highest BCUT2D eigenvalue weighted by atomic mass is 16.6. The van der Waals surface area contributed by atoms with E-state index in [1.165, 1.54) is 37.7 Å². The number of rotatable bonds is 5. The molecule has 1 aliphatic carbocycles. The molecule has 0 unspecified atom stereocenters. The maximum Gasteiger partial charge on any atom is 0.295 e. The van der Waals surface area contributed by atoms with Crippen LogP contribution in [0.3, 0.4) is 0 Å². The molecule has 5 heteroatoms. The zero-order valence-electron chi connectivity index (χ0n) is 15.5. The first-order chi connectivity index (χ1) is 12.7. The first-order valence-corrected chi connectivity index (χ1v) is 10.00. The van der Waals surface area contributed by atoms with Gasteiger partial charge in [-0.05, 0) is 42.9 Å². The Morgan fingerprint density at radius 2 is 1.92 bits per heavy atom. The average molecular weight is 356 g/mol. The molecule has 2 fully saturated rings. The number of amides is 1. The highest BCUT2D eigenvalue weighted by Crippen LogP contribution is 2.33. The van der Waals surface area contributed by atoms with Crippen molar-refractivity contribution in [2.45, 2.75) is 57.5 Å². The summed E-state index contributed by atoms with van der Waals surface area (Å²) in [5, 5.41) is 0. The van der Waals surface area contributed by atoms with Gasteiger partial charge in [0.25, 0.3) is 11.9 Å². The van der Waals surface area contributed by atoms with Crippen LogP contribution in [0.2, 0.25) is 0 Å². The Kier molecular flexibility index (Phi) is 5.14. The second kappa shape index (κ2) is 7.68. The summed E-state index contributed by atoms with van der Waals surface area (Å²) in [4.78, 5) is 18.0. The van der Waals surface area contributed by atoms with E-state index in [-0.39, 0.29) is 17.9 Å². The van der Waals surface area contributed by atoms with E-state index in [0.29, 0.717) is 25.1 Å². The van der Waals surface area contributed by atoms with Gasteiger partial charge in [0.15, 0.2) is 6.10 Å². The molecule has 3 aliphatic rings. The maximum atomic E-state index is 11.9. The monoisotopic (exact) mass is 356 g/mol. The number of hydrogen-bond acceptors (Lipinski definition) is 4. The molecule has 4 rings (SSSR count). The maximum absolute atomic E-state index is 11.9. The third kappa shape index (κ3) is 3.71. The molecule has 0 radical (unpaired) electrons. The number of amidine groups is 1. The first-order valence-electron chi connectivity index (χ1n) is 10.00. The average Bonchev–Trinajstić information content (AvgIpc) is 3.08. The standard InChI is InChI=1S/C21H28N2O3/c1-2-15-12-23-13-19(26-21(23)22-20(15)24)14-25-18-10-8-17(9-11-18)16-6-4-3-5-7-16/h8-11,15-16,19H,2-7,12-14H2,1H3/t15-,19+/m1/s1. The van der Waals surface area contributed by atoms with Crippen molar-refractivity contribution in [1.29, 1.82) is 0 Å². The van der Waals surface area contributed by atoms with Gasteiger partial charge in [-0.1, -0.05) is 38.3 Å². The van der Waals surface area contributed by atoms with Gasteiger partial charge < -0.3 is 14.4 Å². The van der Waals surface area contributed by atoms with Crippen LogP contribution in [0, 0.1) is 5.92 Å². The van der Waals surface area contributed by atoms with E-state index >= 15 is 0 Å². The summed E-state index contributed by atoms with van der Waals surface area (Å²) in [7, 11) is 0. The fraction of sp³-hybridized carbons (Fsp3) is 0.619. The second-order valence-corrected chi connectivity index (χ2v) is 7.70. The van der Waals surface area contributed by atoms with Crippen LogP contribution in [0.15, 0.2) is 29.3 Å². The molecule has 0 bridgehead atoms. The van der Waals surface area contributed by atoms with E-state index in [2.05, 4.69) is 34.2 Å². The predicted octanol–water partition coefficient (Wildman–Crippen LogP) is 3.74. The minimum atomic E-state index is -0.0739. The van der Waals surface area contributed by atoms with Crippen molar-refractivity contribution in [2.24, 2.45) is 10.9 Å². The molecule has 0 N–H and O–H groups in total. The summed E-state index contributed by atoms with van der Waals surface area (Å²) in [5.74, 6) is 1.53. The molecule has 1 saturated heterocycles. The number of aliphatic imine (C=N–C) groups is 1. The number of carbonyl (C=O) groups is 1. The molecule has 0 aromatic heterocycles. The molecule has 1 amide bonds. The number of hydrogen-bond donors (Lipinski definition) is 0. The van der Waals surface area contributed by atoms with E-state index in [9.17, 15) is 4.79 Å².